The van der Waals surface area contributed by atoms with Crippen molar-refractivity contribution in [3.8, 4) is 11.1 Å². The van der Waals surface area contributed by atoms with Crippen molar-refractivity contribution in [2.24, 2.45) is 0 Å². The van der Waals surface area contributed by atoms with Crippen LogP contribution in [0, 0.1) is 0 Å². The van der Waals surface area contributed by atoms with Crippen LogP contribution >= 0.6 is 0 Å². The summed E-state index contributed by atoms with van der Waals surface area (Å²) in [4.78, 5) is 0. The predicted molar refractivity (Wildman–Crippen MR) is 54.7 cm³/mol. The Bertz CT molecular complexity index is 417. The van der Waals surface area contributed by atoms with Crippen LogP contribution in [0.25, 0.3) is 11.1 Å². The number of benzene rings is 2. The molecular weight excluding hydrogens is 247 g/mol. The first-order valence-electron chi connectivity index (χ1n) is 4.61. The quantitative estimate of drug-likeness (QED) is 0.580. The standard InChI is InChI=1S/C13H10.Zr/c1-3-7-12-10(5-1)9-11-6-2-4-8-13(11)12;/h1-8H,9H2;. The second kappa shape index (κ2) is 3.83. The number of fused-ring (bicyclic) bond motifs is 3. The van der Waals surface area contributed by atoms with Crippen molar-refractivity contribution < 1.29 is 26.2 Å². The first kappa shape index (κ1) is 9.86. The molecule has 0 spiro atoms. The topological polar surface area (TPSA) is 0 Å². The molecule has 0 fully saturated rings. The zero-order chi connectivity index (χ0) is 8.67. The van der Waals surface area contributed by atoms with E-state index in [-0.39, 0.29) is 26.2 Å². The zero-order valence-electron chi connectivity index (χ0n) is 7.83. The Morgan fingerprint density at radius 1 is 0.643 bits per heavy atom. The van der Waals surface area contributed by atoms with E-state index in [1.807, 2.05) is 0 Å². The largest absolute Gasteiger partial charge is 0.0619 e. The second-order valence-electron chi connectivity index (χ2n) is 3.49. The maximum absolute atomic E-state index is 2.22. The monoisotopic (exact) mass is 256 g/mol. The molecule has 0 unspecified atom stereocenters. The van der Waals surface area contributed by atoms with E-state index in [1.54, 1.807) is 0 Å². The molecule has 1 aliphatic carbocycles. The average Bonchev–Trinajstić information content (AvgIpc) is 2.56. The number of hydrogen-bond donors (Lipinski definition) is 0. The fourth-order valence-corrected chi connectivity index (χ4v) is 2.08. The Balaban J connectivity index is 0.000000750. The van der Waals surface area contributed by atoms with E-state index in [4.69, 9.17) is 0 Å². The summed E-state index contributed by atoms with van der Waals surface area (Å²) in [6, 6.07) is 17.3. The van der Waals surface area contributed by atoms with Gasteiger partial charge >= 0.3 is 0 Å². The molecule has 0 saturated carbocycles. The fourth-order valence-electron chi connectivity index (χ4n) is 2.08. The van der Waals surface area contributed by atoms with Gasteiger partial charge in [0.05, 0.1) is 0 Å². The summed E-state index contributed by atoms with van der Waals surface area (Å²) in [7, 11) is 0. The second-order valence-corrected chi connectivity index (χ2v) is 3.49. The number of rotatable bonds is 0. The van der Waals surface area contributed by atoms with E-state index in [0.29, 0.717) is 0 Å². The van der Waals surface area contributed by atoms with Crippen molar-refractivity contribution in [2.45, 2.75) is 6.42 Å². The average molecular weight is 257 g/mol. The molecule has 0 heterocycles. The molecular formula is C13H10Zr. The Morgan fingerprint density at radius 3 is 1.57 bits per heavy atom. The first-order chi connectivity index (χ1) is 6.45. The molecule has 1 heteroatoms. The molecule has 0 nitrogen and oxygen atoms in total. The molecule has 2 aromatic carbocycles. The molecule has 14 heavy (non-hydrogen) atoms. The van der Waals surface area contributed by atoms with Gasteiger partial charge in [0.25, 0.3) is 0 Å². The van der Waals surface area contributed by atoms with Crippen molar-refractivity contribution in [1.29, 1.82) is 0 Å². The summed E-state index contributed by atoms with van der Waals surface area (Å²) in [5.74, 6) is 0. The summed E-state index contributed by atoms with van der Waals surface area (Å²) in [6.45, 7) is 0. The molecule has 0 N–H and O–H groups in total. The maximum atomic E-state index is 2.22. The summed E-state index contributed by atoms with van der Waals surface area (Å²) < 4.78 is 0. The van der Waals surface area contributed by atoms with E-state index in [0.717, 1.165) is 6.42 Å². The van der Waals surface area contributed by atoms with E-state index in [1.165, 1.54) is 22.3 Å². The third-order valence-corrected chi connectivity index (χ3v) is 2.71. The summed E-state index contributed by atoms with van der Waals surface area (Å²) in [5, 5.41) is 0. The Hall–Kier alpha value is -0.677. The maximum Gasteiger partial charge on any atom is 0 e. The SMILES string of the molecule is [Zr].c1ccc2c(c1)Cc1ccccc1-2. The van der Waals surface area contributed by atoms with Gasteiger partial charge in [0.2, 0.25) is 0 Å². The molecule has 0 radical (unpaired) electrons. The third-order valence-electron chi connectivity index (χ3n) is 2.71. The van der Waals surface area contributed by atoms with Crippen LogP contribution in [0.3, 0.4) is 0 Å². The van der Waals surface area contributed by atoms with E-state index in [9.17, 15) is 0 Å². The van der Waals surface area contributed by atoms with Gasteiger partial charge in [0, 0.05) is 26.2 Å². The van der Waals surface area contributed by atoms with Crippen molar-refractivity contribution in [1.82, 2.24) is 0 Å². The molecule has 1 aliphatic rings. The van der Waals surface area contributed by atoms with Crippen LogP contribution in [0.2, 0.25) is 0 Å². The zero-order valence-corrected chi connectivity index (χ0v) is 10.3. The fraction of sp³-hybridized carbons (Fsp3) is 0.0769. The minimum Gasteiger partial charge on any atom is -0.0619 e. The van der Waals surface area contributed by atoms with Crippen LogP contribution < -0.4 is 0 Å². The van der Waals surface area contributed by atoms with Gasteiger partial charge in [-0.2, -0.15) is 0 Å². The molecule has 0 atom stereocenters. The van der Waals surface area contributed by atoms with Crippen LogP contribution in [0.5, 0.6) is 0 Å². The molecule has 0 amide bonds. The minimum atomic E-state index is 0. The Labute approximate surface area is 103 Å². The third kappa shape index (κ3) is 1.40. The molecule has 2 aromatic rings. The van der Waals surface area contributed by atoms with Crippen LogP contribution in [0.4, 0.5) is 0 Å². The van der Waals surface area contributed by atoms with Gasteiger partial charge < -0.3 is 0 Å². The molecule has 66 valence electrons. The van der Waals surface area contributed by atoms with Gasteiger partial charge in [-0.1, -0.05) is 48.5 Å². The van der Waals surface area contributed by atoms with Crippen LogP contribution in [0.15, 0.2) is 48.5 Å². The van der Waals surface area contributed by atoms with Crippen molar-refractivity contribution in [3.63, 3.8) is 0 Å². The molecule has 0 aliphatic heterocycles. The summed E-state index contributed by atoms with van der Waals surface area (Å²) in [5.41, 5.74) is 5.75. The molecule has 3 rings (SSSR count). The Morgan fingerprint density at radius 2 is 1.07 bits per heavy atom. The van der Waals surface area contributed by atoms with E-state index >= 15 is 0 Å². The summed E-state index contributed by atoms with van der Waals surface area (Å²) >= 11 is 0. The molecule has 0 saturated heterocycles. The first-order valence-corrected chi connectivity index (χ1v) is 4.61. The van der Waals surface area contributed by atoms with Crippen molar-refractivity contribution in [2.75, 3.05) is 0 Å². The summed E-state index contributed by atoms with van der Waals surface area (Å²) in [6.07, 6.45) is 1.10. The number of hydrogen-bond acceptors (Lipinski definition) is 0. The van der Waals surface area contributed by atoms with Gasteiger partial charge in [0.15, 0.2) is 0 Å². The van der Waals surface area contributed by atoms with E-state index in [2.05, 4.69) is 48.5 Å². The van der Waals surface area contributed by atoms with Crippen LogP contribution in [-0.4, -0.2) is 0 Å². The van der Waals surface area contributed by atoms with Gasteiger partial charge in [-0.3, -0.25) is 0 Å². The normalized spacial score (nSPS) is 11.4. The van der Waals surface area contributed by atoms with Gasteiger partial charge in [-0.15, -0.1) is 0 Å². The Kier molecular flexibility index (Phi) is 2.69. The molecule has 0 bridgehead atoms. The van der Waals surface area contributed by atoms with Crippen LogP contribution in [-0.2, 0) is 32.6 Å². The molecule has 0 aromatic heterocycles. The van der Waals surface area contributed by atoms with E-state index < -0.39 is 0 Å². The van der Waals surface area contributed by atoms with Gasteiger partial charge in [-0.05, 0) is 28.7 Å². The van der Waals surface area contributed by atoms with Crippen LogP contribution in [0.1, 0.15) is 11.1 Å². The van der Waals surface area contributed by atoms with Crippen molar-refractivity contribution >= 4 is 0 Å². The van der Waals surface area contributed by atoms with Gasteiger partial charge in [-0.25, -0.2) is 0 Å². The van der Waals surface area contributed by atoms with Crippen molar-refractivity contribution in [3.05, 3.63) is 59.7 Å². The minimum absolute atomic E-state index is 0. The predicted octanol–water partition coefficient (Wildman–Crippen LogP) is 3.26. The smallest absolute Gasteiger partial charge is 0 e. The van der Waals surface area contributed by atoms with Gasteiger partial charge in [0.1, 0.15) is 0 Å².